The number of anilines is 1. The molecule has 2 aromatic carbocycles. The largest absolute Gasteiger partial charge is 0.376 e. The number of likely N-dealkylation sites (tertiary alicyclic amines) is 1. The molecule has 6 rings (SSSR count). The van der Waals surface area contributed by atoms with Gasteiger partial charge in [-0.1, -0.05) is 36.4 Å². The number of ether oxygens (including phenoxy) is 1. The maximum absolute atomic E-state index is 14.0. The van der Waals surface area contributed by atoms with E-state index < -0.39 is 34.6 Å². The molecule has 0 aliphatic carbocycles. The molecule has 0 unspecified atom stereocenters. The van der Waals surface area contributed by atoms with Crippen molar-refractivity contribution in [1.82, 2.24) is 4.90 Å². The first-order chi connectivity index (χ1) is 17.4. The van der Waals surface area contributed by atoms with Crippen molar-refractivity contribution in [3.8, 4) is 0 Å². The average molecular weight is 488 g/mol. The van der Waals surface area contributed by atoms with Crippen LogP contribution in [-0.4, -0.2) is 58.8 Å². The molecule has 36 heavy (non-hydrogen) atoms. The number of carbonyl (C=O) groups is 3. The normalized spacial score (nSPS) is 28.6. The van der Waals surface area contributed by atoms with Crippen molar-refractivity contribution in [3.63, 3.8) is 0 Å². The number of nitro groups is 1. The lowest BCUT2D eigenvalue weighted by Gasteiger charge is -2.38. The van der Waals surface area contributed by atoms with E-state index in [0.717, 1.165) is 29.7 Å². The first-order valence-electron chi connectivity index (χ1n) is 12.2. The van der Waals surface area contributed by atoms with E-state index in [1.807, 2.05) is 42.2 Å². The van der Waals surface area contributed by atoms with Crippen molar-refractivity contribution in [2.75, 3.05) is 18.1 Å². The highest BCUT2D eigenvalue weighted by Gasteiger charge is 2.64. The van der Waals surface area contributed by atoms with Crippen LogP contribution in [0.1, 0.15) is 35.7 Å². The number of non-ortho nitro benzene ring substituents is 1. The van der Waals surface area contributed by atoms with Gasteiger partial charge in [0.1, 0.15) is 6.04 Å². The van der Waals surface area contributed by atoms with Gasteiger partial charge in [0.2, 0.25) is 11.8 Å². The zero-order valence-electron chi connectivity index (χ0n) is 19.7. The van der Waals surface area contributed by atoms with Gasteiger partial charge in [-0.15, -0.1) is 0 Å². The number of hydrogen-bond donors (Lipinski definition) is 0. The zero-order chi connectivity index (χ0) is 25.1. The summed E-state index contributed by atoms with van der Waals surface area (Å²) in [5.41, 5.74) is 2.64. The Morgan fingerprint density at radius 2 is 1.89 bits per heavy atom. The summed E-state index contributed by atoms with van der Waals surface area (Å²) < 4.78 is 5.68. The Morgan fingerprint density at radius 3 is 2.64 bits per heavy atom. The molecule has 0 bridgehead atoms. The Balaban J connectivity index is 1.46. The molecule has 4 heterocycles. The number of imide groups is 1. The summed E-state index contributed by atoms with van der Waals surface area (Å²) in [5, 5.41) is 11.4. The molecule has 2 aromatic rings. The molecule has 3 saturated heterocycles. The molecule has 4 aliphatic rings. The Morgan fingerprint density at radius 1 is 1.11 bits per heavy atom. The number of allylic oxidation sites excluding steroid dienone is 1. The highest BCUT2D eigenvalue weighted by Crippen LogP contribution is 2.50. The molecule has 0 aromatic heterocycles. The van der Waals surface area contributed by atoms with Crippen molar-refractivity contribution in [2.45, 2.75) is 38.0 Å². The third kappa shape index (κ3) is 3.30. The second-order valence-electron chi connectivity index (χ2n) is 9.85. The van der Waals surface area contributed by atoms with Gasteiger partial charge in [-0.05, 0) is 31.4 Å². The topological polar surface area (TPSA) is 110 Å². The van der Waals surface area contributed by atoms with E-state index in [1.165, 1.54) is 29.2 Å². The number of para-hydroxylation sites is 1. The fraction of sp³-hybridized carbons (Fsp3) is 0.370. The third-order valence-electron chi connectivity index (χ3n) is 7.87. The van der Waals surface area contributed by atoms with E-state index >= 15 is 0 Å². The Labute approximate surface area is 207 Å². The van der Waals surface area contributed by atoms with Gasteiger partial charge < -0.3 is 9.64 Å². The number of Topliss-reactive ketones (excluding diaryl/α,β-unsaturated/α-hetero) is 1. The number of carbonyl (C=O) groups excluding carboxylic acids is 3. The fourth-order valence-corrected chi connectivity index (χ4v) is 6.27. The number of fused-ring (bicyclic) bond motifs is 5. The predicted octanol–water partition coefficient (Wildman–Crippen LogP) is 3.23. The minimum atomic E-state index is -0.960. The van der Waals surface area contributed by atoms with E-state index in [0.29, 0.717) is 6.61 Å². The van der Waals surface area contributed by atoms with Gasteiger partial charge in [-0.3, -0.25) is 29.4 Å². The van der Waals surface area contributed by atoms with Crippen LogP contribution in [0.15, 0.2) is 54.6 Å². The Bertz CT molecular complexity index is 1330. The number of amides is 2. The second kappa shape index (κ2) is 8.37. The van der Waals surface area contributed by atoms with E-state index in [9.17, 15) is 24.5 Å². The van der Waals surface area contributed by atoms with Crippen molar-refractivity contribution >= 4 is 34.5 Å². The molecule has 0 radical (unpaired) electrons. The standard InChI is InChI=1S/C27H25N3O6/c1-15-12-21-22-23(27(33)28(26(22)32)14-18-8-5-11-36-18)24(29(21)20-10-3-2-9-19(15)20)25(31)16-6-4-7-17(13-16)30(34)35/h2-4,6-7,9-10,12-13,18,21-24H,5,8,11,14H2,1H3/t18-,21+,22+,23-,24-/m0/s1. The van der Waals surface area contributed by atoms with Crippen LogP contribution in [0.2, 0.25) is 0 Å². The van der Waals surface area contributed by atoms with Gasteiger partial charge >= 0.3 is 0 Å². The molecule has 0 spiro atoms. The van der Waals surface area contributed by atoms with Crippen molar-refractivity contribution in [3.05, 3.63) is 75.8 Å². The molecule has 5 atom stereocenters. The summed E-state index contributed by atoms with van der Waals surface area (Å²) >= 11 is 0. The summed E-state index contributed by atoms with van der Waals surface area (Å²) in [6, 6.07) is 11.8. The monoisotopic (exact) mass is 487 g/mol. The Hall–Kier alpha value is -3.85. The van der Waals surface area contributed by atoms with Crippen LogP contribution in [0.3, 0.4) is 0 Å². The van der Waals surface area contributed by atoms with Crippen LogP contribution < -0.4 is 4.90 Å². The Kier molecular flexibility index (Phi) is 5.26. The smallest absolute Gasteiger partial charge is 0.270 e. The second-order valence-corrected chi connectivity index (χ2v) is 9.85. The van der Waals surface area contributed by atoms with Gasteiger partial charge in [0.15, 0.2) is 5.78 Å². The molecule has 0 N–H and O–H groups in total. The van der Waals surface area contributed by atoms with Gasteiger partial charge in [0, 0.05) is 35.6 Å². The minimum Gasteiger partial charge on any atom is -0.376 e. The lowest BCUT2D eigenvalue weighted by atomic mass is 9.85. The van der Waals surface area contributed by atoms with Crippen LogP contribution in [0.5, 0.6) is 0 Å². The SMILES string of the molecule is CC1=C[C@@H]2[C@H]3C(=O)N(C[C@@H]4CCCO4)C(=O)[C@@H]3[C@@H](C(=O)c3cccc([N+](=O)[O-])c3)N2c2ccccc21. The maximum Gasteiger partial charge on any atom is 0.270 e. The molecule has 9 heteroatoms. The highest BCUT2D eigenvalue weighted by atomic mass is 16.6. The summed E-state index contributed by atoms with van der Waals surface area (Å²) in [5.74, 6) is -2.66. The van der Waals surface area contributed by atoms with Crippen LogP contribution in [0, 0.1) is 22.0 Å². The van der Waals surface area contributed by atoms with Crippen molar-refractivity contribution in [2.24, 2.45) is 11.8 Å². The molecular weight excluding hydrogens is 462 g/mol. The highest BCUT2D eigenvalue weighted by molar-refractivity contribution is 6.14. The summed E-state index contributed by atoms with van der Waals surface area (Å²) in [6.45, 7) is 2.76. The lowest BCUT2D eigenvalue weighted by Crippen LogP contribution is -2.49. The number of hydrogen-bond acceptors (Lipinski definition) is 7. The van der Waals surface area contributed by atoms with Crippen LogP contribution in [-0.2, 0) is 14.3 Å². The molecule has 184 valence electrons. The van der Waals surface area contributed by atoms with E-state index in [2.05, 4.69) is 0 Å². The first-order valence-corrected chi connectivity index (χ1v) is 12.2. The molecule has 0 saturated carbocycles. The predicted molar refractivity (Wildman–Crippen MR) is 130 cm³/mol. The van der Waals surface area contributed by atoms with Crippen LogP contribution >= 0.6 is 0 Å². The molecular formula is C27H25N3O6. The number of ketones is 1. The van der Waals surface area contributed by atoms with Crippen LogP contribution in [0.4, 0.5) is 11.4 Å². The van der Waals surface area contributed by atoms with Gasteiger partial charge in [-0.25, -0.2) is 0 Å². The summed E-state index contributed by atoms with van der Waals surface area (Å²) in [6.07, 6.45) is 3.45. The van der Waals surface area contributed by atoms with Crippen LogP contribution in [0.25, 0.3) is 5.57 Å². The third-order valence-corrected chi connectivity index (χ3v) is 7.87. The van der Waals surface area contributed by atoms with Gasteiger partial charge in [0.25, 0.3) is 5.69 Å². The number of benzene rings is 2. The van der Waals surface area contributed by atoms with E-state index in [4.69, 9.17) is 4.74 Å². The number of nitro benzene ring substituents is 1. The van der Waals surface area contributed by atoms with Crippen molar-refractivity contribution in [1.29, 1.82) is 0 Å². The van der Waals surface area contributed by atoms with E-state index in [-0.39, 0.29) is 35.7 Å². The maximum atomic E-state index is 14.0. The molecule has 4 aliphatic heterocycles. The quantitative estimate of drug-likeness (QED) is 0.276. The summed E-state index contributed by atoms with van der Waals surface area (Å²) in [4.78, 5) is 55.5. The molecule has 9 nitrogen and oxygen atoms in total. The number of rotatable bonds is 5. The number of nitrogens with zero attached hydrogens (tertiary/aromatic N) is 3. The first kappa shape index (κ1) is 22.6. The lowest BCUT2D eigenvalue weighted by molar-refractivity contribution is -0.384. The zero-order valence-corrected chi connectivity index (χ0v) is 19.7. The molecule has 3 fully saturated rings. The van der Waals surface area contributed by atoms with Gasteiger partial charge in [0.05, 0.1) is 35.4 Å². The minimum absolute atomic E-state index is 0.148. The molecule has 2 amide bonds. The summed E-state index contributed by atoms with van der Waals surface area (Å²) in [7, 11) is 0. The van der Waals surface area contributed by atoms with E-state index in [1.54, 1.807) is 0 Å². The average Bonchev–Trinajstić information content (AvgIpc) is 3.57. The fourth-order valence-electron chi connectivity index (χ4n) is 6.27. The van der Waals surface area contributed by atoms with Crippen molar-refractivity contribution < 1.29 is 24.0 Å². The van der Waals surface area contributed by atoms with Gasteiger partial charge in [-0.2, -0.15) is 0 Å².